The number of carbonyl (C=O) groups is 3. The molecule has 0 aliphatic carbocycles. The van der Waals surface area contributed by atoms with Crippen LogP contribution in [-0.2, 0) is 9.59 Å². The van der Waals surface area contributed by atoms with E-state index in [4.69, 9.17) is 5.84 Å². The van der Waals surface area contributed by atoms with Crippen LogP contribution in [0.5, 0.6) is 0 Å². The number of benzene rings is 2. The number of para-hydroxylation sites is 1. The Balaban J connectivity index is 1.65. The van der Waals surface area contributed by atoms with E-state index in [0.29, 0.717) is 16.8 Å². The highest BCUT2D eigenvalue weighted by molar-refractivity contribution is 5.97. The number of pyridine rings is 1. The van der Waals surface area contributed by atoms with Crippen LogP contribution in [0.15, 0.2) is 65.9 Å². The smallest absolute Gasteiger partial charge is 0.305 e. The molecule has 0 fully saturated rings. The molecule has 0 aliphatic heterocycles. The number of nitrogens with two attached hydrogens (primary N) is 1. The van der Waals surface area contributed by atoms with E-state index < -0.39 is 23.8 Å². The van der Waals surface area contributed by atoms with Crippen molar-refractivity contribution in [2.24, 2.45) is 10.9 Å². The Labute approximate surface area is 183 Å². The highest BCUT2D eigenvalue weighted by Crippen LogP contribution is 2.21. The average Bonchev–Trinajstić information content (AvgIpc) is 2.80. The summed E-state index contributed by atoms with van der Waals surface area (Å²) < 4.78 is 0. The quantitative estimate of drug-likeness (QED) is 0.148. The Kier molecular flexibility index (Phi) is 7.31. The highest BCUT2D eigenvalue weighted by Gasteiger charge is 2.19. The third-order valence-corrected chi connectivity index (χ3v) is 4.57. The Morgan fingerprint density at radius 3 is 2.72 bits per heavy atom. The van der Waals surface area contributed by atoms with Crippen molar-refractivity contribution in [3.05, 3.63) is 71.9 Å². The van der Waals surface area contributed by atoms with Gasteiger partial charge in [0.05, 0.1) is 24.5 Å². The molecule has 1 unspecified atom stereocenters. The highest BCUT2D eigenvalue weighted by atomic mass is 16.4. The van der Waals surface area contributed by atoms with E-state index in [2.05, 4.69) is 26.0 Å². The van der Waals surface area contributed by atoms with E-state index >= 15 is 0 Å². The molecule has 1 heterocycles. The molecule has 0 spiro atoms. The molecule has 32 heavy (non-hydrogen) atoms. The van der Waals surface area contributed by atoms with Gasteiger partial charge in [-0.25, -0.2) is 0 Å². The number of carboxylic acids is 1. The van der Waals surface area contributed by atoms with Crippen molar-refractivity contribution >= 4 is 40.7 Å². The molecule has 2 amide bonds. The normalized spacial score (nSPS) is 11.8. The summed E-state index contributed by atoms with van der Waals surface area (Å²) in [6.07, 6.45) is 2.49. The zero-order valence-electron chi connectivity index (χ0n) is 17.0. The molecule has 164 valence electrons. The molecule has 10 nitrogen and oxygen atoms in total. The second-order valence-corrected chi connectivity index (χ2v) is 6.87. The maximum Gasteiger partial charge on any atom is 0.305 e. The van der Waals surface area contributed by atoms with Crippen LogP contribution in [0.2, 0.25) is 0 Å². The number of hydrogen-bond donors (Lipinski definition) is 5. The minimum Gasteiger partial charge on any atom is -0.481 e. The molecular weight excluding hydrogens is 412 g/mol. The lowest BCUT2D eigenvalue weighted by Gasteiger charge is -2.18. The van der Waals surface area contributed by atoms with E-state index in [1.807, 2.05) is 24.3 Å². The van der Waals surface area contributed by atoms with Crippen LogP contribution in [0.3, 0.4) is 0 Å². The predicted octanol–water partition coefficient (Wildman–Crippen LogP) is 1.61. The van der Waals surface area contributed by atoms with Crippen LogP contribution >= 0.6 is 0 Å². The van der Waals surface area contributed by atoms with E-state index in [1.165, 1.54) is 12.5 Å². The SMILES string of the molecule is NN=CNc1cccc(C(=O)NCC(=O)NC(CC(=O)O)c2cnc3ccccc3c2)c1. The molecule has 0 bridgehead atoms. The molecule has 0 aliphatic rings. The summed E-state index contributed by atoms with van der Waals surface area (Å²) in [4.78, 5) is 40.5. The lowest BCUT2D eigenvalue weighted by Crippen LogP contribution is -2.39. The second kappa shape index (κ2) is 10.5. The number of nitrogens with zero attached hydrogens (tertiary/aromatic N) is 2. The summed E-state index contributed by atoms with van der Waals surface area (Å²) in [6, 6.07) is 14.9. The van der Waals surface area contributed by atoms with Crippen LogP contribution in [0.4, 0.5) is 5.69 Å². The number of fused-ring (bicyclic) bond motifs is 1. The fourth-order valence-corrected chi connectivity index (χ4v) is 3.08. The summed E-state index contributed by atoms with van der Waals surface area (Å²) in [5, 5.41) is 21.4. The van der Waals surface area contributed by atoms with Gasteiger partial charge in [0.1, 0.15) is 6.34 Å². The molecule has 3 aromatic rings. The van der Waals surface area contributed by atoms with Gasteiger partial charge in [-0.3, -0.25) is 19.4 Å². The van der Waals surface area contributed by atoms with E-state index in [-0.39, 0.29) is 13.0 Å². The first-order valence-corrected chi connectivity index (χ1v) is 9.68. The van der Waals surface area contributed by atoms with Crippen molar-refractivity contribution in [1.82, 2.24) is 15.6 Å². The maximum absolute atomic E-state index is 12.4. The van der Waals surface area contributed by atoms with Crippen LogP contribution in [0, 0.1) is 0 Å². The monoisotopic (exact) mass is 434 g/mol. The van der Waals surface area contributed by atoms with E-state index in [1.54, 1.807) is 30.3 Å². The molecule has 10 heteroatoms. The minimum atomic E-state index is -1.07. The van der Waals surface area contributed by atoms with Gasteiger partial charge >= 0.3 is 5.97 Å². The van der Waals surface area contributed by atoms with E-state index in [0.717, 1.165) is 10.9 Å². The Hall–Kier alpha value is -4.47. The average molecular weight is 434 g/mol. The van der Waals surface area contributed by atoms with Crippen molar-refractivity contribution in [2.75, 3.05) is 11.9 Å². The number of amides is 2. The number of hydrazone groups is 1. The number of carbonyl (C=O) groups excluding carboxylic acids is 2. The third-order valence-electron chi connectivity index (χ3n) is 4.57. The predicted molar refractivity (Wildman–Crippen MR) is 120 cm³/mol. The lowest BCUT2D eigenvalue weighted by molar-refractivity contribution is -0.137. The van der Waals surface area contributed by atoms with Crippen LogP contribution in [0.25, 0.3) is 10.9 Å². The minimum absolute atomic E-state index is 0.322. The third kappa shape index (κ3) is 6.02. The molecule has 1 aromatic heterocycles. The maximum atomic E-state index is 12.4. The number of nitrogens with one attached hydrogen (secondary N) is 3. The summed E-state index contributed by atoms with van der Waals surface area (Å²) in [5.74, 6) is 2.98. The fourth-order valence-electron chi connectivity index (χ4n) is 3.08. The lowest BCUT2D eigenvalue weighted by atomic mass is 10.0. The van der Waals surface area contributed by atoms with Crippen LogP contribution in [0.1, 0.15) is 28.4 Å². The molecule has 1 atom stereocenters. The number of hydrogen-bond acceptors (Lipinski definition) is 6. The number of aliphatic carboxylic acids is 1. The first kappa shape index (κ1) is 22.2. The van der Waals surface area contributed by atoms with Crippen LogP contribution in [-0.4, -0.2) is 40.8 Å². The molecule has 6 N–H and O–H groups in total. The number of anilines is 1. The van der Waals surface area contributed by atoms with Gasteiger partial charge in [-0.15, -0.1) is 0 Å². The van der Waals surface area contributed by atoms with Crippen molar-refractivity contribution in [1.29, 1.82) is 0 Å². The zero-order valence-corrected chi connectivity index (χ0v) is 17.0. The summed E-state index contributed by atoms with van der Waals surface area (Å²) in [7, 11) is 0. The molecule has 3 rings (SSSR count). The Morgan fingerprint density at radius 1 is 1.12 bits per heavy atom. The van der Waals surface area contributed by atoms with E-state index in [9.17, 15) is 19.5 Å². The van der Waals surface area contributed by atoms with Gasteiger partial charge in [-0.05, 0) is 35.9 Å². The fraction of sp³-hybridized carbons (Fsp3) is 0.136. The van der Waals surface area contributed by atoms with Gasteiger partial charge in [-0.2, -0.15) is 5.10 Å². The summed E-state index contributed by atoms with van der Waals surface area (Å²) in [6.45, 7) is -0.322. The molecule has 0 saturated carbocycles. The van der Waals surface area contributed by atoms with Gasteiger partial charge < -0.3 is 26.9 Å². The van der Waals surface area contributed by atoms with Crippen molar-refractivity contribution in [3.8, 4) is 0 Å². The summed E-state index contributed by atoms with van der Waals surface area (Å²) in [5.41, 5.74) is 2.25. The number of carboxylic acid groups (broad SMARTS) is 1. The standard InChI is InChI=1S/C22H22N6O4/c23-27-13-26-17-6-3-5-15(9-17)22(32)25-12-20(29)28-19(10-21(30)31)16-8-14-4-1-2-7-18(14)24-11-16/h1-9,11,13,19H,10,12,23H2,(H,25,32)(H,26,27)(H,28,29)(H,30,31). The van der Waals surface area contributed by atoms with Crippen molar-refractivity contribution in [2.45, 2.75) is 12.5 Å². The van der Waals surface area contributed by atoms with Gasteiger partial charge in [-0.1, -0.05) is 24.3 Å². The first-order valence-electron chi connectivity index (χ1n) is 9.68. The topological polar surface area (TPSA) is 159 Å². The molecule has 0 saturated heterocycles. The molecule has 2 aromatic carbocycles. The van der Waals surface area contributed by atoms with Crippen molar-refractivity contribution in [3.63, 3.8) is 0 Å². The second-order valence-electron chi connectivity index (χ2n) is 6.87. The zero-order chi connectivity index (χ0) is 22.9. The molecule has 0 radical (unpaired) electrons. The number of rotatable bonds is 9. The Bertz CT molecular complexity index is 1160. The number of aromatic nitrogens is 1. The first-order chi connectivity index (χ1) is 15.5. The summed E-state index contributed by atoms with van der Waals surface area (Å²) >= 11 is 0. The van der Waals surface area contributed by atoms with Crippen LogP contribution < -0.4 is 21.8 Å². The Morgan fingerprint density at radius 2 is 1.94 bits per heavy atom. The van der Waals surface area contributed by atoms with Crippen molar-refractivity contribution < 1.29 is 19.5 Å². The van der Waals surface area contributed by atoms with Gasteiger partial charge in [0.2, 0.25) is 5.91 Å². The van der Waals surface area contributed by atoms with Gasteiger partial charge in [0, 0.05) is 22.8 Å². The van der Waals surface area contributed by atoms with Gasteiger partial charge in [0.25, 0.3) is 5.91 Å². The largest absolute Gasteiger partial charge is 0.481 e. The molecular formula is C22H22N6O4. The van der Waals surface area contributed by atoms with Gasteiger partial charge in [0.15, 0.2) is 0 Å².